The first-order valence-electron chi connectivity index (χ1n) is 7.68. The van der Waals surface area contributed by atoms with Crippen LogP contribution in [0, 0.1) is 13.8 Å². The van der Waals surface area contributed by atoms with Crippen LogP contribution in [0.1, 0.15) is 16.7 Å². The molecular formula is C17H24N3O3P. The van der Waals surface area contributed by atoms with Crippen molar-refractivity contribution in [3.63, 3.8) is 0 Å². The topological polar surface area (TPSA) is 90.8 Å². The van der Waals surface area contributed by atoms with E-state index in [1.54, 1.807) is 12.1 Å². The lowest BCUT2D eigenvalue weighted by Crippen LogP contribution is -2.34. The zero-order chi connectivity index (χ0) is 17.6. The molecule has 2 aromatic rings. The Labute approximate surface area is 142 Å². The zero-order valence-corrected chi connectivity index (χ0v) is 14.9. The molecule has 24 heavy (non-hydrogen) atoms. The average Bonchev–Trinajstić information content (AvgIpc) is 2.52. The van der Waals surface area contributed by atoms with E-state index in [4.69, 9.17) is 20.6 Å². The van der Waals surface area contributed by atoms with E-state index in [2.05, 4.69) is 13.0 Å². The van der Waals surface area contributed by atoms with E-state index in [-0.39, 0.29) is 6.54 Å². The molecule has 0 aromatic heterocycles. The Bertz CT molecular complexity index is 703. The third-order valence-corrected chi connectivity index (χ3v) is 4.46. The van der Waals surface area contributed by atoms with Crippen LogP contribution in [-0.2, 0) is 15.9 Å². The molecule has 0 amide bonds. The van der Waals surface area contributed by atoms with Crippen LogP contribution >= 0.6 is 7.59 Å². The molecule has 0 atom stereocenters. The molecule has 0 spiro atoms. The molecular weight excluding hydrogens is 325 g/mol. The molecule has 0 saturated heterocycles. The van der Waals surface area contributed by atoms with Crippen LogP contribution in [-0.4, -0.2) is 18.0 Å². The average molecular weight is 349 g/mol. The summed E-state index contributed by atoms with van der Waals surface area (Å²) in [5.74, 6) is 0.517. The summed E-state index contributed by atoms with van der Waals surface area (Å²) in [7, 11) is -3.54. The van der Waals surface area contributed by atoms with Gasteiger partial charge in [0.1, 0.15) is 5.75 Å². The number of nitrogens with two attached hydrogens (primary N) is 2. The van der Waals surface area contributed by atoms with E-state index in [1.807, 2.05) is 37.3 Å². The highest BCUT2D eigenvalue weighted by atomic mass is 31.2. The van der Waals surface area contributed by atoms with Gasteiger partial charge in [-0.3, -0.25) is 15.6 Å². The molecule has 4 N–H and O–H groups in total. The Balaban J connectivity index is 1.88. The number of nitrogens with zero attached hydrogens (tertiary/aromatic N) is 1. The zero-order valence-electron chi connectivity index (χ0n) is 14.0. The van der Waals surface area contributed by atoms with Gasteiger partial charge in [-0.15, -0.1) is 0 Å². The Morgan fingerprint density at radius 1 is 1.08 bits per heavy atom. The van der Waals surface area contributed by atoms with Crippen molar-refractivity contribution in [1.29, 1.82) is 0 Å². The fourth-order valence-corrected chi connectivity index (χ4v) is 2.82. The van der Waals surface area contributed by atoms with E-state index in [9.17, 15) is 4.57 Å². The van der Waals surface area contributed by atoms with Crippen molar-refractivity contribution in [2.75, 3.05) is 13.2 Å². The highest BCUT2D eigenvalue weighted by Gasteiger charge is 2.23. The predicted octanol–water partition coefficient (Wildman–Crippen LogP) is 3.14. The normalized spacial score (nSPS) is 11.7. The molecule has 0 aliphatic carbocycles. The van der Waals surface area contributed by atoms with Crippen molar-refractivity contribution in [3.8, 4) is 5.75 Å². The van der Waals surface area contributed by atoms with Gasteiger partial charge >= 0.3 is 7.59 Å². The highest BCUT2D eigenvalue weighted by Crippen LogP contribution is 2.32. The first kappa shape index (κ1) is 18.6. The number of benzene rings is 2. The van der Waals surface area contributed by atoms with E-state index < -0.39 is 7.59 Å². The predicted molar refractivity (Wildman–Crippen MR) is 95.3 cm³/mol. The van der Waals surface area contributed by atoms with Gasteiger partial charge in [-0.05, 0) is 37.1 Å². The van der Waals surface area contributed by atoms with Gasteiger partial charge < -0.3 is 9.57 Å². The third-order valence-electron chi connectivity index (χ3n) is 3.49. The maximum Gasteiger partial charge on any atom is 0.308 e. The second-order valence-electron chi connectivity index (χ2n) is 5.64. The first-order chi connectivity index (χ1) is 11.4. The minimum Gasteiger partial charge on any atom is -0.397 e. The molecule has 0 saturated carbocycles. The molecule has 130 valence electrons. The lowest BCUT2D eigenvalue weighted by Gasteiger charge is -2.24. The quantitative estimate of drug-likeness (QED) is 0.432. The molecule has 0 unspecified atom stereocenters. The monoisotopic (exact) mass is 349 g/mol. The number of hydrogen-bond acceptors (Lipinski definition) is 3. The van der Waals surface area contributed by atoms with Crippen LogP contribution in [0.25, 0.3) is 0 Å². The lowest BCUT2D eigenvalue weighted by molar-refractivity contribution is -0.000463. The molecule has 0 aliphatic rings. The fraction of sp³-hybridized carbons (Fsp3) is 0.294. The number of aryl methyl sites for hydroxylation is 2. The number of hydroxylamine groups is 1. The third kappa shape index (κ3) is 5.74. The van der Waals surface area contributed by atoms with E-state index >= 15 is 0 Å². The van der Waals surface area contributed by atoms with Crippen LogP contribution in [0.3, 0.4) is 0 Å². The van der Waals surface area contributed by atoms with Crippen molar-refractivity contribution in [2.24, 2.45) is 11.0 Å². The maximum absolute atomic E-state index is 12.0. The summed E-state index contributed by atoms with van der Waals surface area (Å²) in [6.07, 6.45) is 0. The summed E-state index contributed by atoms with van der Waals surface area (Å²) in [5, 5.41) is 0. The minimum atomic E-state index is -3.54. The van der Waals surface area contributed by atoms with Crippen molar-refractivity contribution in [1.82, 2.24) is 4.83 Å². The van der Waals surface area contributed by atoms with Gasteiger partial charge in [0.05, 0.1) is 19.8 Å². The van der Waals surface area contributed by atoms with E-state index in [0.29, 0.717) is 19.0 Å². The number of hydrogen-bond donors (Lipinski definition) is 2. The summed E-state index contributed by atoms with van der Waals surface area (Å²) in [5.41, 5.74) is 14.6. The Morgan fingerprint density at radius 3 is 2.42 bits per heavy atom. The number of para-hydroxylation sites is 1. The molecule has 7 heteroatoms. The molecule has 0 bridgehead atoms. The van der Waals surface area contributed by atoms with Crippen LogP contribution in [0.2, 0.25) is 0 Å². The molecule has 2 rings (SSSR count). The summed E-state index contributed by atoms with van der Waals surface area (Å²) >= 11 is 0. The fourth-order valence-electron chi connectivity index (χ4n) is 2.20. The Hall–Kier alpha value is -1.69. The molecule has 6 nitrogen and oxygen atoms in total. The Morgan fingerprint density at radius 2 is 1.79 bits per heavy atom. The summed E-state index contributed by atoms with van der Waals surface area (Å²) in [6, 6.07) is 15.1. The molecule has 0 radical (unpaired) electrons. The number of ether oxygens (including phenoxy) is 1. The summed E-state index contributed by atoms with van der Waals surface area (Å²) in [6.45, 7) is 5.05. The number of rotatable bonds is 8. The van der Waals surface area contributed by atoms with Crippen molar-refractivity contribution < 1.29 is 14.1 Å². The van der Waals surface area contributed by atoms with Crippen LogP contribution < -0.4 is 15.8 Å². The largest absolute Gasteiger partial charge is 0.397 e. The standard InChI is InChI=1S/C17H24N3O3P/c1-14-8-9-16(15(2)12-14)13-22-11-10-20(24(18,19)21)23-17-6-4-3-5-7-17/h3-9,12H,10-11,13H2,1-2H3,(H4,18,19,21). The maximum atomic E-state index is 12.0. The van der Waals surface area contributed by atoms with Gasteiger partial charge in [0, 0.05) is 0 Å². The summed E-state index contributed by atoms with van der Waals surface area (Å²) in [4.78, 5) is 6.60. The molecule has 0 aliphatic heterocycles. The van der Waals surface area contributed by atoms with Gasteiger partial charge in [0.15, 0.2) is 0 Å². The molecule has 0 heterocycles. The van der Waals surface area contributed by atoms with Gasteiger partial charge in [-0.2, -0.15) is 0 Å². The molecule has 2 aromatic carbocycles. The SMILES string of the molecule is Cc1ccc(COCCN(Oc2ccccc2)P(N)(N)=O)c(C)c1. The van der Waals surface area contributed by atoms with Crippen molar-refractivity contribution >= 4 is 7.59 Å². The van der Waals surface area contributed by atoms with Gasteiger partial charge in [-0.25, -0.2) is 0 Å². The smallest absolute Gasteiger partial charge is 0.308 e. The van der Waals surface area contributed by atoms with E-state index in [0.717, 1.165) is 10.4 Å². The van der Waals surface area contributed by atoms with Crippen LogP contribution in [0.15, 0.2) is 48.5 Å². The van der Waals surface area contributed by atoms with Crippen LogP contribution in [0.4, 0.5) is 0 Å². The Kier molecular flexibility index (Phi) is 6.54. The lowest BCUT2D eigenvalue weighted by atomic mass is 10.1. The van der Waals surface area contributed by atoms with Crippen molar-refractivity contribution in [2.45, 2.75) is 20.5 Å². The minimum absolute atomic E-state index is 0.198. The van der Waals surface area contributed by atoms with Gasteiger partial charge in [0.25, 0.3) is 0 Å². The molecule has 0 fully saturated rings. The highest BCUT2D eigenvalue weighted by molar-refractivity contribution is 7.56. The van der Waals surface area contributed by atoms with Gasteiger partial charge in [0.2, 0.25) is 0 Å². The van der Waals surface area contributed by atoms with Crippen molar-refractivity contribution in [3.05, 3.63) is 65.2 Å². The van der Waals surface area contributed by atoms with Crippen LogP contribution in [0.5, 0.6) is 5.75 Å². The van der Waals surface area contributed by atoms with E-state index in [1.165, 1.54) is 11.1 Å². The summed E-state index contributed by atoms with van der Waals surface area (Å²) < 4.78 is 17.6. The second-order valence-corrected chi connectivity index (χ2v) is 7.43. The second kappa shape index (κ2) is 8.42. The van der Waals surface area contributed by atoms with Gasteiger partial charge in [-0.1, -0.05) is 46.8 Å². The first-order valence-corrected chi connectivity index (χ1v) is 9.48.